The fourth-order valence-corrected chi connectivity index (χ4v) is 4.32. The number of anilines is 3. The van der Waals surface area contributed by atoms with Crippen LogP contribution in [0.5, 0.6) is 0 Å². The van der Waals surface area contributed by atoms with Crippen LogP contribution in [-0.2, 0) is 0 Å². The molecule has 0 radical (unpaired) electrons. The first-order valence-electron chi connectivity index (χ1n) is 12.0. The quantitative estimate of drug-likeness (QED) is 0.345. The zero-order valence-corrected chi connectivity index (χ0v) is 19.7. The molecule has 1 amide bonds. The van der Waals surface area contributed by atoms with Crippen molar-refractivity contribution in [3.63, 3.8) is 0 Å². The highest BCUT2D eigenvalue weighted by molar-refractivity contribution is 5.99. The Bertz CT molecular complexity index is 1320. The van der Waals surface area contributed by atoms with Crippen molar-refractivity contribution in [2.24, 2.45) is 0 Å². The number of carbonyl (C=O) groups is 1. The van der Waals surface area contributed by atoms with E-state index in [0.717, 1.165) is 50.2 Å². The topological polar surface area (TPSA) is 73.6 Å². The summed E-state index contributed by atoms with van der Waals surface area (Å²) in [5.41, 5.74) is 2.48. The van der Waals surface area contributed by atoms with Gasteiger partial charge in [0.15, 0.2) is 0 Å². The predicted molar refractivity (Wildman–Crippen MR) is 136 cm³/mol. The van der Waals surface area contributed by atoms with Crippen molar-refractivity contribution in [3.8, 4) is 0 Å². The van der Waals surface area contributed by atoms with Crippen molar-refractivity contribution in [2.45, 2.75) is 6.42 Å². The van der Waals surface area contributed by atoms with Crippen molar-refractivity contribution in [3.05, 3.63) is 84.3 Å². The molecule has 186 valence electrons. The van der Waals surface area contributed by atoms with Crippen LogP contribution in [0.4, 0.5) is 26.0 Å². The summed E-state index contributed by atoms with van der Waals surface area (Å²) in [4.78, 5) is 21.9. The van der Waals surface area contributed by atoms with Gasteiger partial charge in [-0.15, -0.1) is 0 Å². The van der Waals surface area contributed by atoms with E-state index in [-0.39, 0.29) is 23.2 Å². The molecule has 1 saturated heterocycles. The molecule has 4 aromatic rings. The molecule has 0 saturated carbocycles. The number of amides is 1. The number of hydrogen-bond donors (Lipinski definition) is 2. The lowest BCUT2D eigenvalue weighted by atomic mass is 10.2. The first-order valence-corrected chi connectivity index (χ1v) is 12.0. The Morgan fingerprint density at radius 3 is 2.36 bits per heavy atom. The van der Waals surface area contributed by atoms with Crippen LogP contribution >= 0.6 is 0 Å². The highest BCUT2D eigenvalue weighted by Gasteiger charge is 2.18. The maximum absolute atomic E-state index is 13.2. The van der Waals surface area contributed by atoms with Crippen molar-refractivity contribution in [2.75, 3.05) is 49.5 Å². The summed E-state index contributed by atoms with van der Waals surface area (Å²) in [5, 5.41) is 6.81. The number of nitrogens with one attached hydrogen (secondary N) is 2. The molecule has 0 bridgehead atoms. The van der Waals surface area contributed by atoms with Crippen LogP contribution in [0.25, 0.3) is 11.0 Å². The van der Waals surface area contributed by atoms with Gasteiger partial charge in [0, 0.05) is 50.2 Å². The van der Waals surface area contributed by atoms with Gasteiger partial charge in [0.25, 0.3) is 5.91 Å². The number of furan rings is 1. The third-order valence-corrected chi connectivity index (χ3v) is 6.29. The van der Waals surface area contributed by atoms with Crippen LogP contribution < -0.4 is 15.5 Å². The summed E-state index contributed by atoms with van der Waals surface area (Å²) in [5.74, 6) is -0.363. The average molecular weight is 492 g/mol. The highest BCUT2D eigenvalue weighted by Crippen LogP contribution is 2.27. The molecular formula is C27H27F2N5O2. The van der Waals surface area contributed by atoms with E-state index in [0.29, 0.717) is 23.6 Å². The van der Waals surface area contributed by atoms with Gasteiger partial charge in [0.1, 0.15) is 28.7 Å². The first kappa shape index (κ1) is 23.7. The molecule has 9 heteroatoms. The maximum atomic E-state index is 13.2. The Morgan fingerprint density at radius 1 is 0.944 bits per heavy atom. The normalized spacial score (nSPS) is 14.2. The second-order valence-electron chi connectivity index (χ2n) is 8.73. The van der Waals surface area contributed by atoms with Crippen LogP contribution in [0.1, 0.15) is 16.9 Å². The minimum Gasteiger partial charge on any atom is -0.464 e. The standard InChI is InChI=1S/C27H27F2N5O2/c28-19-2-6-21(7-3-19)31-26-23-10-17-36-25(23)18-24(32-26)27(35)30-11-1-12-33-13-15-34(16-14-33)22-8-4-20(29)5-9-22/h2-10,17-18H,1,11-16H2,(H,30,35)(H,31,32). The largest absolute Gasteiger partial charge is 0.464 e. The average Bonchev–Trinajstić information content (AvgIpc) is 3.38. The fraction of sp³-hybridized carbons (Fsp3) is 0.259. The summed E-state index contributed by atoms with van der Waals surface area (Å²) in [7, 11) is 0. The van der Waals surface area contributed by atoms with Crippen molar-refractivity contribution >= 4 is 34.1 Å². The van der Waals surface area contributed by atoms with Gasteiger partial charge in [0.2, 0.25) is 0 Å². The van der Waals surface area contributed by atoms with Crippen LogP contribution in [0.15, 0.2) is 71.3 Å². The molecule has 0 unspecified atom stereocenters. The molecule has 36 heavy (non-hydrogen) atoms. The SMILES string of the molecule is O=C(NCCCN1CCN(c2ccc(F)cc2)CC1)c1cc2occc2c(Nc2ccc(F)cc2)n1. The van der Waals surface area contributed by atoms with E-state index in [2.05, 4.69) is 25.4 Å². The molecule has 0 aliphatic carbocycles. The Balaban J connectivity index is 1.12. The number of benzene rings is 2. The van der Waals surface area contributed by atoms with Gasteiger partial charge in [0.05, 0.1) is 11.6 Å². The van der Waals surface area contributed by atoms with E-state index >= 15 is 0 Å². The van der Waals surface area contributed by atoms with Gasteiger partial charge in [-0.2, -0.15) is 0 Å². The zero-order chi connectivity index (χ0) is 24.9. The second kappa shape index (κ2) is 10.7. The maximum Gasteiger partial charge on any atom is 0.270 e. The molecule has 1 aliphatic rings. The number of hydrogen-bond acceptors (Lipinski definition) is 6. The zero-order valence-electron chi connectivity index (χ0n) is 19.7. The van der Waals surface area contributed by atoms with Gasteiger partial charge >= 0.3 is 0 Å². The van der Waals surface area contributed by atoms with E-state index in [4.69, 9.17) is 4.42 Å². The smallest absolute Gasteiger partial charge is 0.270 e. The Labute approximate surface area is 207 Å². The van der Waals surface area contributed by atoms with Crippen molar-refractivity contribution in [1.29, 1.82) is 0 Å². The summed E-state index contributed by atoms with van der Waals surface area (Å²) in [6, 6.07) is 15.9. The summed E-state index contributed by atoms with van der Waals surface area (Å²) in [6.07, 6.45) is 2.35. The molecule has 0 spiro atoms. The third kappa shape index (κ3) is 5.63. The Kier molecular flexibility index (Phi) is 7.08. The van der Waals surface area contributed by atoms with E-state index in [1.54, 1.807) is 30.5 Å². The molecule has 2 aromatic carbocycles. The number of nitrogens with zero attached hydrogens (tertiary/aromatic N) is 3. The molecule has 5 rings (SSSR count). The summed E-state index contributed by atoms with van der Waals surface area (Å²) >= 11 is 0. The van der Waals surface area contributed by atoms with Crippen LogP contribution in [0.2, 0.25) is 0 Å². The Morgan fingerprint density at radius 2 is 1.64 bits per heavy atom. The van der Waals surface area contributed by atoms with E-state index in [1.165, 1.54) is 24.3 Å². The lowest BCUT2D eigenvalue weighted by molar-refractivity contribution is 0.0946. The van der Waals surface area contributed by atoms with Gasteiger partial charge in [-0.3, -0.25) is 9.69 Å². The van der Waals surface area contributed by atoms with E-state index < -0.39 is 0 Å². The molecular weight excluding hydrogens is 464 g/mol. The lowest BCUT2D eigenvalue weighted by Gasteiger charge is -2.36. The van der Waals surface area contributed by atoms with Gasteiger partial charge in [-0.05, 0) is 67.6 Å². The number of rotatable bonds is 8. The van der Waals surface area contributed by atoms with Crippen molar-refractivity contribution in [1.82, 2.24) is 15.2 Å². The first-order chi connectivity index (χ1) is 17.5. The molecule has 7 nitrogen and oxygen atoms in total. The predicted octanol–water partition coefficient (Wildman–Crippen LogP) is 4.79. The van der Waals surface area contributed by atoms with Crippen LogP contribution in [0, 0.1) is 11.6 Å². The third-order valence-electron chi connectivity index (χ3n) is 6.29. The fourth-order valence-electron chi connectivity index (χ4n) is 4.32. The lowest BCUT2D eigenvalue weighted by Crippen LogP contribution is -2.47. The minimum atomic E-state index is -0.329. The molecule has 2 aromatic heterocycles. The van der Waals surface area contributed by atoms with Gasteiger partial charge < -0.3 is 20.0 Å². The number of carbonyl (C=O) groups excluding carboxylic acids is 1. The van der Waals surface area contributed by atoms with E-state index in [1.807, 2.05) is 12.1 Å². The van der Waals surface area contributed by atoms with Crippen LogP contribution in [-0.4, -0.2) is 55.1 Å². The van der Waals surface area contributed by atoms with Gasteiger partial charge in [-0.25, -0.2) is 13.8 Å². The number of piperazine rings is 1. The number of aromatic nitrogens is 1. The second-order valence-corrected chi connectivity index (χ2v) is 8.73. The summed E-state index contributed by atoms with van der Waals surface area (Å²) in [6.45, 7) is 5.00. The van der Waals surface area contributed by atoms with Crippen LogP contribution in [0.3, 0.4) is 0 Å². The number of pyridine rings is 1. The Hall–Kier alpha value is -3.98. The van der Waals surface area contributed by atoms with Crippen molar-refractivity contribution < 1.29 is 18.0 Å². The minimum absolute atomic E-state index is 0.223. The number of fused-ring (bicyclic) bond motifs is 1. The number of halogens is 2. The molecule has 3 heterocycles. The molecule has 2 N–H and O–H groups in total. The monoisotopic (exact) mass is 491 g/mol. The molecule has 1 fully saturated rings. The van der Waals surface area contributed by atoms with E-state index in [9.17, 15) is 13.6 Å². The highest BCUT2D eigenvalue weighted by atomic mass is 19.1. The van der Waals surface area contributed by atoms with Gasteiger partial charge in [-0.1, -0.05) is 0 Å². The molecule has 1 aliphatic heterocycles. The molecule has 0 atom stereocenters. The summed E-state index contributed by atoms with van der Waals surface area (Å²) < 4.78 is 31.9.